The van der Waals surface area contributed by atoms with Crippen molar-refractivity contribution < 1.29 is 14.3 Å². The highest BCUT2D eigenvalue weighted by atomic mass is 16.6. The van der Waals surface area contributed by atoms with E-state index in [0.717, 1.165) is 0 Å². The molecule has 1 saturated heterocycles. The van der Waals surface area contributed by atoms with Gasteiger partial charge in [-0.2, -0.15) is 0 Å². The average Bonchev–Trinajstić information content (AvgIpc) is 2.64. The van der Waals surface area contributed by atoms with Crippen LogP contribution >= 0.6 is 0 Å². The molecule has 0 amide bonds. The molecule has 0 aliphatic carbocycles. The summed E-state index contributed by atoms with van der Waals surface area (Å²) in [6, 6.07) is 0. The van der Waals surface area contributed by atoms with Gasteiger partial charge < -0.3 is 9.53 Å². The van der Waals surface area contributed by atoms with E-state index < -0.39 is 5.60 Å². The molecule has 0 aromatic carbocycles. The Balaban J connectivity index is 2.27. The van der Waals surface area contributed by atoms with Crippen LogP contribution in [0.3, 0.4) is 0 Å². The Hall–Kier alpha value is -0.700. The summed E-state index contributed by atoms with van der Waals surface area (Å²) in [4.78, 5) is 21.7. The molecule has 0 bridgehead atoms. The molecule has 1 heterocycles. The minimum Gasteiger partial charge on any atom is -0.362 e. The number of rotatable bonds is 4. The molecular weight excluding hydrogens is 144 g/mol. The lowest BCUT2D eigenvalue weighted by atomic mass is 10.0. The van der Waals surface area contributed by atoms with Crippen molar-refractivity contribution in [3.8, 4) is 0 Å². The van der Waals surface area contributed by atoms with Crippen LogP contribution in [0.5, 0.6) is 0 Å². The van der Waals surface area contributed by atoms with Crippen LogP contribution in [-0.2, 0) is 14.3 Å². The summed E-state index contributed by atoms with van der Waals surface area (Å²) in [6.07, 6.45) is 0.670. The Morgan fingerprint density at radius 1 is 1.45 bits per heavy atom. The third-order valence-corrected chi connectivity index (χ3v) is 1.87. The van der Waals surface area contributed by atoms with Crippen LogP contribution in [0.1, 0.15) is 26.7 Å². The van der Waals surface area contributed by atoms with Gasteiger partial charge in [-0.05, 0) is 13.8 Å². The van der Waals surface area contributed by atoms with Crippen LogP contribution in [0, 0.1) is 0 Å². The molecule has 1 rings (SSSR count). The van der Waals surface area contributed by atoms with Crippen molar-refractivity contribution in [2.75, 3.05) is 6.61 Å². The predicted octanol–water partition coefficient (Wildman–Crippen LogP) is 0.714. The van der Waals surface area contributed by atoms with Crippen LogP contribution in [0.2, 0.25) is 0 Å². The number of hydrogen-bond donors (Lipinski definition) is 0. The maximum absolute atomic E-state index is 11.2. The third kappa shape index (κ3) is 2.12. The van der Waals surface area contributed by atoms with E-state index >= 15 is 0 Å². The van der Waals surface area contributed by atoms with E-state index in [1.54, 1.807) is 6.92 Å². The van der Waals surface area contributed by atoms with Gasteiger partial charge in [0.25, 0.3) is 0 Å². The SMILES string of the molecule is CC(=O)CCC(=O)C1(C)CO1. The zero-order chi connectivity index (χ0) is 8.48. The van der Waals surface area contributed by atoms with E-state index in [9.17, 15) is 9.59 Å². The van der Waals surface area contributed by atoms with Crippen molar-refractivity contribution in [2.45, 2.75) is 32.3 Å². The summed E-state index contributed by atoms with van der Waals surface area (Å²) in [5, 5.41) is 0. The highest BCUT2D eigenvalue weighted by molar-refractivity contribution is 5.92. The molecule has 1 unspecified atom stereocenters. The van der Waals surface area contributed by atoms with Gasteiger partial charge in [0.1, 0.15) is 11.4 Å². The Labute approximate surface area is 65.7 Å². The summed E-state index contributed by atoms with van der Waals surface area (Å²) in [5.74, 6) is 0.107. The Bertz CT molecular complexity index is 192. The second kappa shape index (κ2) is 2.74. The highest BCUT2D eigenvalue weighted by Crippen LogP contribution is 2.28. The number of epoxide rings is 1. The second-order valence-electron chi connectivity index (χ2n) is 3.14. The quantitative estimate of drug-likeness (QED) is 0.563. The molecule has 0 N–H and O–H groups in total. The lowest BCUT2D eigenvalue weighted by Crippen LogP contribution is -2.20. The molecule has 0 saturated carbocycles. The van der Waals surface area contributed by atoms with Crippen LogP contribution in [0.4, 0.5) is 0 Å². The van der Waals surface area contributed by atoms with Crippen LogP contribution < -0.4 is 0 Å². The number of hydrogen-bond acceptors (Lipinski definition) is 3. The van der Waals surface area contributed by atoms with Gasteiger partial charge in [-0.25, -0.2) is 0 Å². The van der Waals surface area contributed by atoms with Gasteiger partial charge in [-0.3, -0.25) is 4.79 Å². The minimum atomic E-state index is -0.546. The van der Waals surface area contributed by atoms with E-state index in [1.807, 2.05) is 0 Å². The van der Waals surface area contributed by atoms with E-state index in [0.29, 0.717) is 19.4 Å². The minimum absolute atomic E-state index is 0.0488. The molecule has 0 aromatic rings. The zero-order valence-corrected chi connectivity index (χ0v) is 6.85. The molecule has 1 aliphatic heterocycles. The first-order valence-electron chi connectivity index (χ1n) is 3.71. The molecule has 1 atom stereocenters. The van der Waals surface area contributed by atoms with E-state index in [2.05, 4.69) is 0 Å². The van der Waals surface area contributed by atoms with Crippen LogP contribution in [-0.4, -0.2) is 23.8 Å². The van der Waals surface area contributed by atoms with Gasteiger partial charge in [0.15, 0.2) is 5.78 Å². The number of Topliss-reactive ketones (excluding diaryl/α,β-unsaturated/α-hetero) is 2. The van der Waals surface area contributed by atoms with Crippen molar-refractivity contribution in [1.82, 2.24) is 0 Å². The van der Waals surface area contributed by atoms with Crippen molar-refractivity contribution in [2.24, 2.45) is 0 Å². The number of ether oxygens (including phenoxy) is 1. The van der Waals surface area contributed by atoms with Gasteiger partial charge in [0.05, 0.1) is 6.61 Å². The first kappa shape index (κ1) is 8.40. The first-order chi connectivity index (χ1) is 5.04. The summed E-state index contributed by atoms with van der Waals surface area (Å²) >= 11 is 0. The average molecular weight is 156 g/mol. The molecule has 11 heavy (non-hydrogen) atoms. The number of ketones is 2. The van der Waals surface area contributed by atoms with E-state index in [1.165, 1.54) is 6.92 Å². The topological polar surface area (TPSA) is 46.7 Å². The van der Waals surface area contributed by atoms with Crippen LogP contribution in [0.25, 0.3) is 0 Å². The fourth-order valence-corrected chi connectivity index (χ4v) is 0.823. The molecule has 62 valence electrons. The maximum atomic E-state index is 11.2. The molecule has 0 radical (unpaired) electrons. The molecule has 1 fully saturated rings. The van der Waals surface area contributed by atoms with Gasteiger partial charge in [0.2, 0.25) is 0 Å². The Morgan fingerprint density at radius 2 is 2.00 bits per heavy atom. The Morgan fingerprint density at radius 3 is 2.36 bits per heavy atom. The van der Waals surface area contributed by atoms with Crippen LogP contribution in [0.15, 0.2) is 0 Å². The van der Waals surface area contributed by atoms with Crippen molar-refractivity contribution >= 4 is 11.6 Å². The number of carbonyl (C=O) groups is 2. The predicted molar refractivity (Wildman–Crippen MR) is 39.3 cm³/mol. The standard InChI is InChI=1S/C8H12O3/c1-6(9)3-4-7(10)8(2)5-11-8/h3-5H2,1-2H3. The van der Waals surface area contributed by atoms with Crippen molar-refractivity contribution in [1.29, 1.82) is 0 Å². The molecule has 0 aromatic heterocycles. The number of carbonyl (C=O) groups excluding carboxylic acids is 2. The molecule has 0 spiro atoms. The van der Waals surface area contributed by atoms with E-state index in [-0.39, 0.29) is 11.6 Å². The van der Waals surface area contributed by atoms with Gasteiger partial charge >= 0.3 is 0 Å². The summed E-state index contributed by atoms with van der Waals surface area (Å²) in [5.41, 5.74) is -0.546. The fraction of sp³-hybridized carbons (Fsp3) is 0.750. The summed E-state index contributed by atoms with van der Waals surface area (Å²) in [7, 11) is 0. The first-order valence-corrected chi connectivity index (χ1v) is 3.71. The summed E-state index contributed by atoms with van der Waals surface area (Å²) in [6.45, 7) is 3.77. The monoisotopic (exact) mass is 156 g/mol. The molecule has 3 nitrogen and oxygen atoms in total. The molecule has 1 aliphatic rings. The smallest absolute Gasteiger partial charge is 0.167 e. The van der Waals surface area contributed by atoms with E-state index in [4.69, 9.17) is 4.74 Å². The second-order valence-corrected chi connectivity index (χ2v) is 3.14. The fourth-order valence-electron chi connectivity index (χ4n) is 0.823. The lowest BCUT2D eigenvalue weighted by molar-refractivity contribution is -0.126. The molecular formula is C8H12O3. The maximum Gasteiger partial charge on any atom is 0.167 e. The van der Waals surface area contributed by atoms with Gasteiger partial charge in [0, 0.05) is 12.8 Å². The molecule has 3 heteroatoms. The third-order valence-electron chi connectivity index (χ3n) is 1.87. The van der Waals surface area contributed by atoms with Gasteiger partial charge in [-0.15, -0.1) is 0 Å². The zero-order valence-electron chi connectivity index (χ0n) is 6.85. The largest absolute Gasteiger partial charge is 0.362 e. The normalized spacial score (nSPS) is 28.2. The summed E-state index contributed by atoms with van der Waals surface area (Å²) < 4.78 is 4.93. The van der Waals surface area contributed by atoms with Crippen molar-refractivity contribution in [3.05, 3.63) is 0 Å². The highest BCUT2D eigenvalue weighted by Gasteiger charge is 2.46. The lowest BCUT2D eigenvalue weighted by Gasteiger charge is -2.00. The van der Waals surface area contributed by atoms with Gasteiger partial charge in [-0.1, -0.05) is 0 Å². The van der Waals surface area contributed by atoms with Crippen molar-refractivity contribution in [3.63, 3.8) is 0 Å². The Kier molecular flexibility index (Phi) is 2.09.